The van der Waals surface area contributed by atoms with Crippen molar-refractivity contribution in [3.8, 4) is 0 Å². The Morgan fingerprint density at radius 1 is 1.20 bits per heavy atom. The maximum absolute atomic E-state index is 11.5. The Morgan fingerprint density at radius 2 is 2.00 bits per heavy atom. The molecule has 108 valence electrons. The molecule has 0 spiro atoms. The van der Waals surface area contributed by atoms with Crippen LogP contribution in [0.5, 0.6) is 0 Å². The maximum atomic E-state index is 11.5. The van der Waals surface area contributed by atoms with Crippen molar-refractivity contribution < 1.29 is 4.79 Å². The smallest absolute Gasteiger partial charge is 0.224 e. The fraction of sp³-hybridized carbons (Fsp3) is 0.588. The van der Waals surface area contributed by atoms with Crippen LogP contribution < -0.4 is 10.6 Å². The molecular formula is C17H24N2O. The van der Waals surface area contributed by atoms with Gasteiger partial charge in [0.25, 0.3) is 0 Å². The summed E-state index contributed by atoms with van der Waals surface area (Å²) in [6.45, 7) is 2.64. The lowest BCUT2D eigenvalue weighted by molar-refractivity contribution is -0.120. The van der Waals surface area contributed by atoms with Crippen molar-refractivity contribution >= 4 is 11.6 Å². The van der Waals surface area contributed by atoms with E-state index in [9.17, 15) is 4.79 Å². The molecule has 3 rings (SSSR count). The number of carbonyl (C=O) groups is 1. The van der Waals surface area contributed by atoms with Gasteiger partial charge >= 0.3 is 0 Å². The maximum Gasteiger partial charge on any atom is 0.224 e. The first kappa shape index (κ1) is 13.5. The van der Waals surface area contributed by atoms with Gasteiger partial charge in [-0.25, -0.2) is 0 Å². The van der Waals surface area contributed by atoms with Gasteiger partial charge in [0.05, 0.1) is 6.42 Å². The van der Waals surface area contributed by atoms with Crippen molar-refractivity contribution in [1.82, 2.24) is 5.32 Å². The Morgan fingerprint density at radius 3 is 2.60 bits per heavy atom. The highest BCUT2D eigenvalue weighted by molar-refractivity contribution is 5.78. The Bertz CT molecular complexity index is 468. The molecule has 3 atom stereocenters. The van der Waals surface area contributed by atoms with E-state index < -0.39 is 0 Å². The molecule has 0 aliphatic heterocycles. The number of rotatable bonds is 5. The van der Waals surface area contributed by atoms with Gasteiger partial charge in [-0.2, -0.15) is 0 Å². The summed E-state index contributed by atoms with van der Waals surface area (Å²) in [6.07, 6.45) is 6.08. The van der Waals surface area contributed by atoms with E-state index in [1.54, 1.807) is 0 Å². The lowest BCUT2D eigenvalue weighted by Crippen LogP contribution is -2.26. The van der Waals surface area contributed by atoms with Gasteiger partial charge in [0, 0.05) is 18.3 Å². The van der Waals surface area contributed by atoms with Crippen LogP contribution in [0.3, 0.4) is 0 Å². The van der Waals surface area contributed by atoms with Crippen LogP contribution in [-0.2, 0) is 11.2 Å². The number of nitrogens with one attached hydrogen (secondary N) is 2. The molecule has 0 radical (unpaired) electrons. The fourth-order valence-corrected chi connectivity index (χ4v) is 3.80. The highest BCUT2D eigenvalue weighted by Crippen LogP contribution is 2.45. The molecule has 0 heterocycles. The number of benzene rings is 1. The third kappa shape index (κ3) is 2.97. The lowest BCUT2D eigenvalue weighted by atomic mass is 9.95. The minimum absolute atomic E-state index is 0.0984. The number of anilines is 1. The van der Waals surface area contributed by atoms with Crippen LogP contribution in [-0.4, -0.2) is 18.5 Å². The van der Waals surface area contributed by atoms with Crippen LogP contribution in [0.1, 0.15) is 38.2 Å². The van der Waals surface area contributed by atoms with Crippen molar-refractivity contribution in [3.05, 3.63) is 29.8 Å². The van der Waals surface area contributed by atoms with E-state index in [1.165, 1.54) is 31.4 Å². The van der Waals surface area contributed by atoms with Gasteiger partial charge in [-0.1, -0.05) is 18.6 Å². The summed E-state index contributed by atoms with van der Waals surface area (Å²) >= 11 is 0. The molecule has 0 aromatic heterocycles. The first-order chi connectivity index (χ1) is 9.74. The van der Waals surface area contributed by atoms with Crippen LogP contribution in [0.2, 0.25) is 0 Å². The zero-order valence-corrected chi connectivity index (χ0v) is 12.2. The summed E-state index contributed by atoms with van der Waals surface area (Å²) in [6, 6.07) is 9.01. The molecule has 1 amide bonds. The van der Waals surface area contributed by atoms with Gasteiger partial charge in [-0.05, 0) is 55.7 Å². The highest BCUT2D eigenvalue weighted by atomic mass is 16.1. The average molecular weight is 272 g/mol. The second-order valence-electron chi connectivity index (χ2n) is 6.25. The molecule has 3 heteroatoms. The van der Waals surface area contributed by atoms with Crippen LogP contribution >= 0.6 is 0 Å². The zero-order chi connectivity index (χ0) is 13.9. The summed E-state index contributed by atoms with van der Waals surface area (Å²) in [7, 11) is 0. The topological polar surface area (TPSA) is 41.1 Å². The molecule has 2 fully saturated rings. The molecule has 0 saturated heterocycles. The number of likely N-dealkylation sites (N-methyl/N-ethyl adjacent to an activating group) is 1. The first-order valence-corrected chi connectivity index (χ1v) is 7.86. The Balaban J connectivity index is 1.55. The van der Waals surface area contributed by atoms with E-state index in [0.717, 1.165) is 17.4 Å². The number of fused-ring (bicyclic) bond motifs is 2. The van der Waals surface area contributed by atoms with Crippen LogP contribution in [0.25, 0.3) is 0 Å². The molecule has 20 heavy (non-hydrogen) atoms. The summed E-state index contributed by atoms with van der Waals surface area (Å²) in [5, 5.41) is 6.51. The van der Waals surface area contributed by atoms with Crippen molar-refractivity contribution in [2.24, 2.45) is 11.8 Å². The van der Waals surface area contributed by atoms with Gasteiger partial charge in [0.2, 0.25) is 5.91 Å². The first-order valence-electron chi connectivity index (χ1n) is 7.86. The standard InChI is InChI=1S/C17H24N2O/c1-2-18-17(20)11-12-4-7-15(8-5-12)19-16-10-13-3-6-14(16)9-13/h4-5,7-8,13-14,16,19H,2-3,6,9-11H2,1H3,(H,18,20). The summed E-state index contributed by atoms with van der Waals surface area (Å²) in [5.41, 5.74) is 2.27. The Hall–Kier alpha value is -1.51. The highest BCUT2D eigenvalue weighted by Gasteiger charge is 2.39. The quantitative estimate of drug-likeness (QED) is 0.865. The number of hydrogen-bond acceptors (Lipinski definition) is 2. The molecule has 2 N–H and O–H groups in total. The molecule has 3 unspecified atom stereocenters. The molecule has 2 bridgehead atoms. The van der Waals surface area contributed by atoms with Crippen molar-refractivity contribution in [2.45, 2.75) is 45.1 Å². The second-order valence-corrected chi connectivity index (χ2v) is 6.25. The van der Waals surface area contributed by atoms with E-state index >= 15 is 0 Å². The van der Waals surface area contributed by atoms with Crippen molar-refractivity contribution in [2.75, 3.05) is 11.9 Å². The van der Waals surface area contributed by atoms with Gasteiger partial charge in [-0.15, -0.1) is 0 Å². The summed E-state index contributed by atoms with van der Waals surface area (Å²) in [5.74, 6) is 1.95. The van der Waals surface area contributed by atoms with Crippen LogP contribution in [0, 0.1) is 11.8 Å². The minimum atomic E-state index is 0.0984. The van der Waals surface area contributed by atoms with E-state index in [2.05, 4.69) is 34.9 Å². The Kier molecular flexibility index (Phi) is 3.95. The summed E-state index contributed by atoms with van der Waals surface area (Å²) < 4.78 is 0. The zero-order valence-electron chi connectivity index (χ0n) is 12.2. The van der Waals surface area contributed by atoms with E-state index in [4.69, 9.17) is 0 Å². The summed E-state index contributed by atoms with van der Waals surface area (Å²) in [4.78, 5) is 11.5. The molecule has 3 nitrogen and oxygen atoms in total. The van der Waals surface area contributed by atoms with Gasteiger partial charge < -0.3 is 10.6 Å². The molecular weight excluding hydrogens is 248 g/mol. The van der Waals surface area contributed by atoms with E-state index in [-0.39, 0.29) is 5.91 Å². The minimum Gasteiger partial charge on any atom is -0.382 e. The third-order valence-corrected chi connectivity index (χ3v) is 4.78. The molecule has 2 aliphatic carbocycles. The molecule has 1 aromatic rings. The lowest BCUT2D eigenvalue weighted by Gasteiger charge is -2.24. The normalized spacial score (nSPS) is 27.6. The van der Waals surface area contributed by atoms with Crippen LogP contribution in [0.4, 0.5) is 5.69 Å². The second kappa shape index (κ2) is 5.86. The van der Waals surface area contributed by atoms with E-state index in [1.807, 2.05) is 6.92 Å². The average Bonchev–Trinajstić information content (AvgIpc) is 3.04. The predicted octanol–water partition coefficient (Wildman–Crippen LogP) is 2.97. The molecule has 2 saturated carbocycles. The SMILES string of the molecule is CCNC(=O)Cc1ccc(NC2CC3CCC2C3)cc1. The van der Waals surface area contributed by atoms with Crippen molar-refractivity contribution in [3.63, 3.8) is 0 Å². The van der Waals surface area contributed by atoms with Gasteiger partial charge in [0.15, 0.2) is 0 Å². The number of amides is 1. The Labute approximate surface area is 121 Å². The van der Waals surface area contributed by atoms with Crippen molar-refractivity contribution in [1.29, 1.82) is 0 Å². The number of hydrogen-bond donors (Lipinski definition) is 2. The van der Waals surface area contributed by atoms with Gasteiger partial charge in [-0.3, -0.25) is 4.79 Å². The molecule has 1 aromatic carbocycles. The van der Waals surface area contributed by atoms with E-state index in [0.29, 0.717) is 19.0 Å². The number of carbonyl (C=O) groups excluding carboxylic acids is 1. The van der Waals surface area contributed by atoms with Gasteiger partial charge in [0.1, 0.15) is 0 Å². The largest absolute Gasteiger partial charge is 0.382 e. The predicted molar refractivity (Wildman–Crippen MR) is 81.7 cm³/mol. The van der Waals surface area contributed by atoms with Crippen LogP contribution in [0.15, 0.2) is 24.3 Å². The monoisotopic (exact) mass is 272 g/mol. The fourth-order valence-electron chi connectivity index (χ4n) is 3.80. The third-order valence-electron chi connectivity index (χ3n) is 4.78. The molecule has 2 aliphatic rings.